The number of anilines is 2. The molecule has 0 spiro atoms. The highest BCUT2D eigenvalue weighted by Crippen LogP contribution is 2.23. The normalized spacial score (nSPS) is 20.7. The van der Waals surface area contributed by atoms with Crippen LogP contribution < -0.4 is 15.1 Å². The highest BCUT2D eigenvalue weighted by molar-refractivity contribution is 5.94. The first kappa shape index (κ1) is 15.9. The first-order valence-corrected chi connectivity index (χ1v) is 8.94. The van der Waals surface area contributed by atoms with E-state index in [4.69, 9.17) is 4.42 Å². The monoisotopic (exact) mass is 341 g/mol. The van der Waals surface area contributed by atoms with Crippen molar-refractivity contribution in [1.82, 2.24) is 15.3 Å². The minimum atomic E-state index is -0.0824. The summed E-state index contributed by atoms with van der Waals surface area (Å²) in [7, 11) is 0. The number of rotatable bonds is 4. The number of piperidine rings is 1. The van der Waals surface area contributed by atoms with Gasteiger partial charge in [0, 0.05) is 38.3 Å². The van der Waals surface area contributed by atoms with Crippen LogP contribution in [0.1, 0.15) is 36.0 Å². The first-order chi connectivity index (χ1) is 12.3. The zero-order valence-corrected chi connectivity index (χ0v) is 14.2. The van der Waals surface area contributed by atoms with Crippen LogP contribution in [-0.4, -0.2) is 48.1 Å². The van der Waals surface area contributed by atoms with Crippen LogP contribution in [0.2, 0.25) is 0 Å². The Morgan fingerprint density at radius 2 is 1.88 bits per heavy atom. The molecule has 1 atom stereocenters. The van der Waals surface area contributed by atoms with Crippen LogP contribution in [0.4, 0.5) is 11.6 Å². The Kier molecular flexibility index (Phi) is 4.54. The number of hydrogen-bond acceptors (Lipinski definition) is 6. The van der Waals surface area contributed by atoms with Crippen LogP contribution in [-0.2, 0) is 0 Å². The van der Waals surface area contributed by atoms with Gasteiger partial charge in [-0.3, -0.25) is 4.79 Å². The fourth-order valence-electron chi connectivity index (χ4n) is 3.59. The summed E-state index contributed by atoms with van der Waals surface area (Å²) in [4.78, 5) is 25.7. The lowest BCUT2D eigenvalue weighted by Crippen LogP contribution is -2.48. The maximum atomic E-state index is 12.2. The molecule has 4 heterocycles. The van der Waals surface area contributed by atoms with E-state index in [2.05, 4.69) is 31.2 Å². The topological polar surface area (TPSA) is 74.5 Å². The van der Waals surface area contributed by atoms with E-state index in [9.17, 15) is 4.79 Å². The van der Waals surface area contributed by atoms with E-state index >= 15 is 0 Å². The van der Waals surface area contributed by atoms with Crippen molar-refractivity contribution in [2.45, 2.75) is 31.7 Å². The lowest BCUT2D eigenvalue weighted by atomic mass is 10.1. The van der Waals surface area contributed by atoms with Gasteiger partial charge in [0.1, 0.15) is 24.2 Å². The SMILES string of the molecule is O=C(NC1CCCN(c2cc(N3CCCC3)ncn2)C1)c1ccoc1. The Balaban J connectivity index is 1.42. The number of furan rings is 1. The highest BCUT2D eigenvalue weighted by atomic mass is 16.3. The van der Waals surface area contributed by atoms with E-state index in [1.807, 2.05) is 0 Å². The smallest absolute Gasteiger partial charge is 0.254 e. The van der Waals surface area contributed by atoms with Crippen molar-refractivity contribution in [3.63, 3.8) is 0 Å². The predicted molar refractivity (Wildman–Crippen MR) is 94.9 cm³/mol. The molecule has 2 aromatic heterocycles. The third-order valence-electron chi connectivity index (χ3n) is 4.93. The second-order valence-corrected chi connectivity index (χ2v) is 6.70. The summed E-state index contributed by atoms with van der Waals surface area (Å²) in [6.45, 7) is 3.86. The second kappa shape index (κ2) is 7.13. The van der Waals surface area contributed by atoms with Crippen molar-refractivity contribution in [1.29, 1.82) is 0 Å². The molecular weight excluding hydrogens is 318 g/mol. The van der Waals surface area contributed by atoms with Crippen molar-refractivity contribution >= 4 is 17.5 Å². The Hall–Kier alpha value is -2.57. The fourth-order valence-corrected chi connectivity index (χ4v) is 3.59. The largest absolute Gasteiger partial charge is 0.472 e. The molecule has 25 heavy (non-hydrogen) atoms. The Labute approximate surface area is 147 Å². The molecule has 7 nitrogen and oxygen atoms in total. The van der Waals surface area contributed by atoms with Gasteiger partial charge in [0.05, 0.1) is 11.8 Å². The Bertz CT molecular complexity index is 712. The Morgan fingerprint density at radius 3 is 2.64 bits per heavy atom. The molecule has 2 aliphatic rings. The number of carbonyl (C=O) groups is 1. The number of hydrogen-bond donors (Lipinski definition) is 1. The molecule has 1 amide bonds. The highest BCUT2D eigenvalue weighted by Gasteiger charge is 2.24. The standard InChI is InChI=1S/C18H23N5O2/c24-18(14-5-9-25-12-14)21-15-4-3-8-23(11-15)17-10-16(19-13-20-17)22-6-1-2-7-22/h5,9-10,12-13,15H,1-4,6-8,11H2,(H,21,24). The molecular formula is C18H23N5O2. The van der Waals surface area contributed by atoms with Gasteiger partial charge in [-0.15, -0.1) is 0 Å². The summed E-state index contributed by atoms with van der Waals surface area (Å²) in [6.07, 6.45) is 9.10. The van der Waals surface area contributed by atoms with Crippen molar-refractivity contribution in [3.8, 4) is 0 Å². The maximum absolute atomic E-state index is 12.2. The van der Waals surface area contributed by atoms with Crippen LogP contribution >= 0.6 is 0 Å². The van der Waals surface area contributed by atoms with E-state index in [-0.39, 0.29) is 11.9 Å². The molecule has 1 N–H and O–H groups in total. The van der Waals surface area contributed by atoms with Gasteiger partial charge < -0.3 is 19.5 Å². The van der Waals surface area contributed by atoms with Gasteiger partial charge in [-0.1, -0.05) is 0 Å². The summed E-state index contributed by atoms with van der Waals surface area (Å²) >= 11 is 0. The van der Waals surface area contributed by atoms with E-state index in [1.165, 1.54) is 25.4 Å². The third kappa shape index (κ3) is 3.60. The summed E-state index contributed by atoms with van der Waals surface area (Å²) in [5.74, 6) is 1.87. The van der Waals surface area contributed by atoms with Gasteiger partial charge >= 0.3 is 0 Å². The molecule has 0 radical (unpaired) electrons. The number of carbonyl (C=O) groups excluding carboxylic acids is 1. The van der Waals surface area contributed by atoms with E-state index in [0.29, 0.717) is 5.56 Å². The van der Waals surface area contributed by atoms with E-state index in [1.54, 1.807) is 12.4 Å². The molecule has 132 valence electrons. The average Bonchev–Trinajstić information content (AvgIpc) is 3.36. The summed E-state index contributed by atoms with van der Waals surface area (Å²) < 4.78 is 4.98. The van der Waals surface area contributed by atoms with Crippen LogP contribution in [0, 0.1) is 0 Å². The zero-order chi connectivity index (χ0) is 17.1. The molecule has 0 aliphatic carbocycles. The van der Waals surface area contributed by atoms with Crippen molar-refractivity contribution in [3.05, 3.63) is 36.5 Å². The van der Waals surface area contributed by atoms with Crippen LogP contribution in [0.3, 0.4) is 0 Å². The molecule has 0 aromatic carbocycles. The lowest BCUT2D eigenvalue weighted by molar-refractivity contribution is 0.0932. The molecule has 4 rings (SSSR count). The van der Waals surface area contributed by atoms with Gasteiger partial charge in [-0.25, -0.2) is 9.97 Å². The summed E-state index contributed by atoms with van der Waals surface area (Å²) in [5.41, 5.74) is 0.565. The van der Waals surface area contributed by atoms with Crippen LogP contribution in [0.25, 0.3) is 0 Å². The number of nitrogens with zero attached hydrogens (tertiary/aromatic N) is 4. The van der Waals surface area contributed by atoms with Gasteiger partial charge in [0.15, 0.2) is 0 Å². The average molecular weight is 341 g/mol. The van der Waals surface area contributed by atoms with Gasteiger partial charge in [0.25, 0.3) is 5.91 Å². The Morgan fingerprint density at radius 1 is 1.12 bits per heavy atom. The first-order valence-electron chi connectivity index (χ1n) is 8.94. The van der Waals surface area contributed by atoms with Crippen molar-refractivity contribution < 1.29 is 9.21 Å². The molecule has 2 aromatic rings. The summed E-state index contributed by atoms with van der Waals surface area (Å²) in [5, 5.41) is 3.10. The number of amides is 1. The third-order valence-corrected chi connectivity index (χ3v) is 4.93. The molecule has 7 heteroatoms. The molecule has 0 bridgehead atoms. The quantitative estimate of drug-likeness (QED) is 0.918. The van der Waals surface area contributed by atoms with Crippen molar-refractivity contribution in [2.24, 2.45) is 0 Å². The van der Waals surface area contributed by atoms with Crippen LogP contribution in [0.15, 0.2) is 35.4 Å². The molecule has 2 aliphatic heterocycles. The van der Waals surface area contributed by atoms with Gasteiger partial charge in [0.2, 0.25) is 0 Å². The summed E-state index contributed by atoms with van der Waals surface area (Å²) in [6, 6.07) is 3.87. The number of nitrogens with one attached hydrogen (secondary N) is 1. The van der Waals surface area contributed by atoms with Crippen molar-refractivity contribution in [2.75, 3.05) is 36.0 Å². The number of aromatic nitrogens is 2. The van der Waals surface area contributed by atoms with Crippen LogP contribution in [0.5, 0.6) is 0 Å². The van der Waals surface area contributed by atoms with Gasteiger partial charge in [-0.2, -0.15) is 0 Å². The molecule has 2 fully saturated rings. The molecule has 2 saturated heterocycles. The van der Waals surface area contributed by atoms with E-state index in [0.717, 1.165) is 50.7 Å². The lowest BCUT2D eigenvalue weighted by Gasteiger charge is -2.34. The minimum Gasteiger partial charge on any atom is -0.472 e. The minimum absolute atomic E-state index is 0.0824. The molecule has 1 unspecified atom stereocenters. The van der Waals surface area contributed by atoms with Gasteiger partial charge in [-0.05, 0) is 31.7 Å². The fraction of sp³-hybridized carbons (Fsp3) is 0.500. The maximum Gasteiger partial charge on any atom is 0.254 e. The predicted octanol–water partition coefficient (Wildman–Crippen LogP) is 2.07. The second-order valence-electron chi connectivity index (χ2n) is 6.70. The van der Waals surface area contributed by atoms with E-state index < -0.39 is 0 Å². The zero-order valence-electron chi connectivity index (χ0n) is 14.2. The molecule has 0 saturated carbocycles.